The standard InChI is InChI=1S/C22H34O3/c1-19(2)16-8-11-21(4)17(20(16,3)10-9-18(19)23)7-6-14-12-15(25-24)13-22(14,21)5/h12,15-17,24H,6-11,13H2,1-5H3/t15-,16+,17-,20+,21-,22-/m1/s1. The van der Waals surface area contributed by atoms with Crippen LogP contribution in [0.15, 0.2) is 11.6 Å². The number of allylic oxidation sites excluding steroid dienone is 1. The molecule has 4 rings (SSSR count). The lowest BCUT2D eigenvalue weighted by molar-refractivity contribution is -0.272. The molecule has 0 aromatic carbocycles. The van der Waals surface area contributed by atoms with Gasteiger partial charge in [-0.15, -0.1) is 0 Å². The van der Waals surface area contributed by atoms with Gasteiger partial charge in [0.25, 0.3) is 0 Å². The molecular weight excluding hydrogens is 312 g/mol. The Labute approximate surface area is 152 Å². The van der Waals surface area contributed by atoms with E-state index in [1.54, 1.807) is 0 Å². The van der Waals surface area contributed by atoms with Gasteiger partial charge >= 0.3 is 0 Å². The third kappa shape index (κ3) is 2.03. The summed E-state index contributed by atoms with van der Waals surface area (Å²) >= 11 is 0. The van der Waals surface area contributed by atoms with E-state index in [-0.39, 0.29) is 27.8 Å². The van der Waals surface area contributed by atoms with Crippen LogP contribution in [0, 0.1) is 33.5 Å². The molecule has 0 radical (unpaired) electrons. The Kier molecular flexibility index (Phi) is 3.68. The first-order chi connectivity index (χ1) is 11.6. The molecule has 1 N–H and O–H groups in total. The second-order valence-electron chi connectivity index (χ2n) is 10.6. The van der Waals surface area contributed by atoms with Gasteiger partial charge in [-0.25, -0.2) is 4.89 Å². The molecule has 0 heterocycles. The second kappa shape index (κ2) is 5.19. The van der Waals surface area contributed by atoms with Gasteiger partial charge in [-0.3, -0.25) is 10.1 Å². The monoisotopic (exact) mass is 346 g/mol. The molecule has 3 nitrogen and oxygen atoms in total. The predicted molar refractivity (Wildman–Crippen MR) is 98.0 cm³/mol. The minimum Gasteiger partial charge on any atom is -0.299 e. The van der Waals surface area contributed by atoms with Gasteiger partial charge in [0.1, 0.15) is 11.9 Å². The maximum Gasteiger partial charge on any atom is 0.138 e. The molecule has 0 spiro atoms. The first kappa shape index (κ1) is 17.7. The molecule has 25 heavy (non-hydrogen) atoms. The van der Waals surface area contributed by atoms with Gasteiger partial charge < -0.3 is 0 Å². The van der Waals surface area contributed by atoms with Crippen LogP contribution in [0.2, 0.25) is 0 Å². The molecule has 4 aliphatic carbocycles. The van der Waals surface area contributed by atoms with E-state index < -0.39 is 0 Å². The number of Topliss-reactive ketones (excluding diaryl/α,β-unsaturated/α-hetero) is 1. The van der Waals surface area contributed by atoms with E-state index in [1.807, 2.05) is 0 Å². The fourth-order valence-corrected chi connectivity index (χ4v) is 7.99. The number of hydrogen-bond donors (Lipinski definition) is 1. The highest BCUT2D eigenvalue weighted by Crippen LogP contribution is 2.73. The van der Waals surface area contributed by atoms with Crippen LogP contribution < -0.4 is 0 Å². The Morgan fingerprint density at radius 3 is 2.44 bits per heavy atom. The molecule has 0 aromatic rings. The largest absolute Gasteiger partial charge is 0.299 e. The van der Waals surface area contributed by atoms with Crippen molar-refractivity contribution in [1.82, 2.24) is 0 Å². The van der Waals surface area contributed by atoms with E-state index in [0.29, 0.717) is 17.6 Å². The van der Waals surface area contributed by atoms with Crippen molar-refractivity contribution in [2.24, 2.45) is 33.5 Å². The van der Waals surface area contributed by atoms with Gasteiger partial charge in [0.2, 0.25) is 0 Å². The van der Waals surface area contributed by atoms with Crippen LogP contribution in [0.5, 0.6) is 0 Å². The molecule has 0 bridgehead atoms. The topological polar surface area (TPSA) is 46.5 Å². The number of ketones is 1. The Morgan fingerprint density at radius 1 is 1.04 bits per heavy atom. The average molecular weight is 347 g/mol. The van der Waals surface area contributed by atoms with Crippen molar-refractivity contribution in [3.63, 3.8) is 0 Å². The number of hydrogen-bond acceptors (Lipinski definition) is 3. The first-order valence-electron chi connectivity index (χ1n) is 10.1. The molecule has 4 aliphatic rings. The maximum absolute atomic E-state index is 12.6. The van der Waals surface area contributed by atoms with Gasteiger partial charge in [0.15, 0.2) is 0 Å². The van der Waals surface area contributed by atoms with Crippen LogP contribution in [0.4, 0.5) is 0 Å². The molecule has 0 saturated heterocycles. The lowest BCUT2D eigenvalue weighted by Gasteiger charge is -2.67. The van der Waals surface area contributed by atoms with Gasteiger partial charge in [-0.2, -0.15) is 0 Å². The van der Waals surface area contributed by atoms with Gasteiger partial charge in [-0.1, -0.05) is 46.3 Å². The highest BCUT2D eigenvalue weighted by molar-refractivity contribution is 5.85. The van der Waals surface area contributed by atoms with E-state index in [0.717, 1.165) is 32.1 Å². The quantitative estimate of drug-likeness (QED) is 0.393. The lowest BCUT2D eigenvalue weighted by Crippen LogP contribution is -2.62. The predicted octanol–water partition coefficient (Wildman–Crippen LogP) is 5.40. The van der Waals surface area contributed by atoms with Crippen molar-refractivity contribution < 1.29 is 14.9 Å². The fraction of sp³-hybridized carbons (Fsp3) is 0.864. The number of carbonyl (C=O) groups is 1. The average Bonchev–Trinajstić information content (AvgIpc) is 2.89. The Bertz CT molecular complexity index is 635. The van der Waals surface area contributed by atoms with E-state index in [4.69, 9.17) is 4.89 Å². The summed E-state index contributed by atoms with van der Waals surface area (Å²) in [7, 11) is 0. The summed E-state index contributed by atoms with van der Waals surface area (Å²) in [4.78, 5) is 17.4. The minimum atomic E-state index is -0.183. The van der Waals surface area contributed by atoms with Gasteiger partial charge in [0.05, 0.1) is 0 Å². The summed E-state index contributed by atoms with van der Waals surface area (Å²) in [5.74, 6) is 1.61. The normalized spacial score (nSPS) is 51.4. The Morgan fingerprint density at radius 2 is 1.76 bits per heavy atom. The van der Waals surface area contributed by atoms with Gasteiger partial charge in [0, 0.05) is 11.8 Å². The zero-order valence-electron chi connectivity index (χ0n) is 16.5. The van der Waals surface area contributed by atoms with Crippen molar-refractivity contribution >= 4 is 5.78 Å². The smallest absolute Gasteiger partial charge is 0.138 e. The van der Waals surface area contributed by atoms with Crippen LogP contribution in [-0.2, 0) is 9.68 Å². The summed E-state index contributed by atoms with van der Waals surface area (Å²) in [5, 5.41) is 9.26. The molecule has 3 saturated carbocycles. The van der Waals surface area contributed by atoms with Crippen LogP contribution in [0.1, 0.15) is 79.6 Å². The highest BCUT2D eigenvalue weighted by atomic mass is 17.1. The van der Waals surface area contributed by atoms with Crippen molar-refractivity contribution in [2.75, 3.05) is 0 Å². The second-order valence-corrected chi connectivity index (χ2v) is 10.6. The van der Waals surface area contributed by atoms with E-state index in [1.165, 1.54) is 18.4 Å². The van der Waals surface area contributed by atoms with E-state index in [9.17, 15) is 10.1 Å². The summed E-state index contributed by atoms with van der Waals surface area (Å²) in [6.07, 6.45) is 9.39. The summed E-state index contributed by atoms with van der Waals surface area (Å²) < 4.78 is 0. The Balaban J connectivity index is 1.76. The van der Waals surface area contributed by atoms with E-state index >= 15 is 0 Å². The molecule has 0 aliphatic heterocycles. The van der Waals surface area contributed by atoms with Crippen LogP contribution in [0.25, 0.3) is 0 Å². The maximum atomic E-state index is 12.6. The lowest BCUT2D eigenvalue weighted by atomic mass is 9.36. The van der Waals surface area contributed by atoms with Crippen molar-refractivity contribution in [2.45, 2.75) is 85.7 Å². The van der Waals surface area contributed by atoms with Crippen molar-refractivity contribution in [3.8, 4) is 0 Å². The zero-order chi connectivity index (χ0) is 18.3. The van der Waals surface area contributed by atoms with Crippen LogP contribution in [-0.4, -0.2) is 17.1 Å². The highest BCUT2D eigenvalue weighted by Gasteiger charge is 2.66. The molecule has 3 fully saturated rings. The summed E-state index contributed by atoms with van der Waals surface area (Å²) in [6, 6.07) is 0. The molecule has 6 atom stereocenters. The van der Waals surface area contributed by atoms with Crippen LogP contribution in [0.3, 0.4) is 0 Å². The summed E-state index contributed by atoms with van der Waals surface area (Å²) in [5.41, 5.74) is 1.91. The third-order valence-corrected chi connectivity index (χ3v) is 9.60. The number of fused-ring (bicyclic) bond motifs is 5. The molecule has 140 valence electrons. The van der Waals surface area contributed by atoms with Crippen molar-refractivity contribution in [1.29, 1.82) is 0 Å². The molecule has 0 amide bonds. The first-order valence-corrected chi connectivity index (χ1v) is 10.1. The molecule has 0 unspecified atom stereocenters. The fourth-order valence-electron chi connectivity index (χ4n) is 7.99. The van der Waals surface area contributed by atoms with E-state index in [2.05, 4.69) is 40.7 Å². The SMILES string of the molecule is CC1(C)C(=O)CC[C@]2(C)[C@H]3CCC4=C[C@@H](OO)C[C@@]4(C)[C@]3(C)CC[C@@H]12. The summed E-state index contributed by atoms with van der Waals surface area (Å²) in [6.45, 7) is 11.8. The number of rotatable bonds is 1. The molecule has 3 heteroatoms. The zero-order valence-corrected chi connectivity index (χ0v) is 16.5. The van der Waals surface area contributed by atoms with Crippen LogP contribution >= 0.6 is 0 Å². The third-order valence-electron chi connectivity index (χ3n) is 9.60. The Hall–Kier alpha value is -0.670. The number of carbonyl (C=O) groups excluding carboxylic acids is 1. The molecular formula is C22H34O3. The van der Waals surface area contributed by atoms with Gasteiger partial charge in [-0.05, 0) is 66.6 Å². The minimum absolute atomic E-state index is 0.114. The molecule has 0 aromatic heterocycles. The van der Waals surface area contributed by atoms with Crippen molar-refractivity contribution in [3.05, 3.63) is 11.6 Å².